The average molecular weight is 302 g/mol. The van der Waals surface area contributed by atoms with Gasteiger partial charge in [-0.05, 0) is 35.2 Å². The van der Waals surface area contributed by atoms with Crippen LogP contribution in [0.1, 0.15) is 27.0 Å². The first-order chi connectivity index (χ1) is 11.3. The highest BCUT2D eigenvalue weighted by Crippen LogP contribution is 2.12. The summed E-state index contributed by atoms with van der Waals surface area (Å²) in [5.74, 6) is -0.292. The zero-order valence-electron chi connectivity index (χ0n) is 12.8. The third-order valence-electron chi connectivity index (χ3n) is 3.65. The van der Waals surface area contributed by atoms with Crippen molar-refractivity contribution in [2.45, 2.75) is 13.0 Å². The van der Waals surface area contributed by atoms with Gasteiger partial charge in [-0.15, -0.1) is 0 Å². The summed E-state index contributed by atoms with van der Waals surface area (Å²) in [6.45, 7) is 0.297. The van der Waals surface area contributed by atoms with Crippen molar-refractivity contribution in [2.75, 3.05) is 0 Å². The van der Waals surface area contributed by atoms with Gasteiger partial charge in [-0.3, -0.25) is 0 Å². The van der Waals surface area contributed by atoms with Gasteiger partial charge in [-0.2, -0.15) is 0 Å². The Balaban J connectivity index is 1.59. The molecule has 3 aromatic rings. The number of esters is 1. The van der Waals surface area contributed by atoms with Gasteiger partial charge >= 0.3 is 5.97 Å². The lowest BCUT2D eigenvalue weighted by Crippen LogP contribution is -2.05. The third-order valence-corrected chi connectivity index (χ3v) is 3.65. The van der Waals surface area contributed by atoms with E-state index in [-0.39, 0.29) is 5.97 Å². The summed E-state index contributed by atoms with van der Waals surface area (Å²) in [6.07, 6.45) is 0.861. The Morgan fingerprint density at radius 1 is 0.652 bits per heavy atom. The van der Waals surface area contributed by atoms with Crippen molar-refractivity contribution in [3.63, 3.8) is 0 Å². The van der Waals surface area contributed by atoms with E-state index in [1.165, 1.54) is 11.1 Å². The highest BCUT2D eigenvalue weighted by Gasteiger charge is 2.07. The summed E-state index contributed by atoms with van der Waals surface area (Å²) in [5.41, 5.74) is 4.00. The SMILES string of the molecule is O=C(OCc1ccccc1)c1ccc(Cc2ccccc2)cc1. The van der Waals surface area contributed by atoms with E-state index >= 15 is 0 Å². The Kier molecular flexibility index (Phi) is 4.85. The fourth-order valence-corrected chi connectivity index (χ4v) is 2.40. The van der Waals surface area contributed by atoms with Crippen molar-refractivity contribution in [2.24, 2.45) is 0 Å². The number of benzene rings is 3. The molecule has 0 saturated heterocycles. The molecule has 0 atom stereocenters. The largest absolute Gasteiger partial charge is 0.457 e. The Bertz CT molecular complexity index is 747. The van der Waals surface area contributed by atoms with Crippen molar-refractivity contribution in [1.82, 2.24) is 0 Å². The van der Waals surface area contributed by atoms with Gasteiger partial charge < -0.3 is 4.74 Å². The average Bonchev–Trinajstić information content (AvgIpc) is 2.62. The molecule has 0 saturated carbocycles. The topological polar surface area (TPSA) is 26.3 Å². The molecule has 3 rings (SSSR count). The van der Waals surface area contributed by atoms with Gasteiger partial charge in [0.2, 0.25) is 0 Å². The van der Waals surface area contributed by atoms with Crippen molar-refractivity contribution < 1.29 is 9.53 Å². The van der Waals surface area contributed by atoms with E-state index in [0.717, 1.165) is 12.0 Å². The molecule has 0 aliphatic carbocycles. The van der Waals surface area contributed by atoms with Crippen LogP contribution in [0.25, 0.3) is 0 Å². The molecule has 0 aliphatic heterocycles. The van der Waals surface area contributed by atoms with Crippen LogP contribution < -0.4 is 0 Å². The summed E-state index contributed by atoms with van der Waals surface area (Å²) in [6, 6.07) is 27.6. The van der Waals surface area contributed by atoms with Crippen LogP contribution in [0.3, 0.4) is 0 Å². The second-order valence-electron chi connectivity index (χ2n) is 5.42. The second-order valence-corrected chi connectivity index (χ2v) is 5.42. The molecule has 0 N–H and O–H groups in total. The van der Waals surface area contributed by atoms with Crippen LogP contribution in [-0.4, -0.2) is 5.97 Å². The van der Waals surface area contributed by atoms with E-state index in [0.29, 0.717) is 12.2 Å². The molecule has 23 heavy (non-hydrogen) atoms. The van der Waals surface area contributed by atoms with Gasteiger partial charge in [-0.25, -0.2) is 4.79 Å². The number of ether oxygens (including phenoxy) is 1. The number of carbonyl (C=O) groups excluding carboxylic acids is 1. The summed E-state index contributed by atoms with van der Waals surface area (Å²) in [7, 11) is 0. The van der Waals surface area contributed by atoms with Gasteiger partial charge in [0.25, 0.3) is 0 Å². The van der Waals surface area contributed by atoms with Gasteiger partial charge in [0.1, 0.15) is 6.61 Å². The molecule has 3 aromatic carbocycles. The maximum Gasteiger partial charge on any atom is 0.338 e. The van der Waals surface area contributed by atoms with Crippen LogP contribution in [0.2, 0.25) is 0 Å². The molecule has 0 aliphatic rings. The molecule has 0 heterocycles. The standard InChI is InChI=1S/C21H18O2/c22-21(23-16-19-9-5-2-6-10-19)20-13-11-18(12-14-20)15-17-7-3-1-4-8-17/h1-14H,15-16H2. The minimum atomic E-state index is -0.292. The zero-order valence-corrected chi connectivity index (χ0v) is 12.8. The summed E-state index contributed by atoms with van der Waals surface area (Å²) in [5, 5.41) is 0. The molecule has 0 amide bonds. The first-order valence-electron chi connectivity index (χ1n) is 7.65. The Morgan fingerprint density at radius 2 is 1.17 bits per heavy atom. The Hall–Kier alpha value is -2.87. The number of carbonyl (C=O) groups is 1. The Morgan fingerprint density at radius 3 is 1.78 bits per heavy atom. The van der Waals surface area contributed by atoms with Crippen LogP contribution >= 0.6 is 0 Å². The van der Waals surface area contributed by atoms with Crippen molar-refractivity contribution >= 4 is 5.97 Å². The Labute approximate surface area is 136 Å². The van der Waals surface area contributed by atoms with Crippen LogP contribution in [-0.2, 0) is 17.8 Å². The summed E-state index contributed by atoms with van der Waals surface area (Å²) in [4.78, 5) is 12.1. The molecule has 0 unspecified atom stereocenters. The van der Waals surface area contributed by atoms with Crippen LogP contribution in [0, 0.1) is 0 Å². The first kappa shape index (κ1) is 15.0. The van der Waals surface area contributed by atoms with E-state index in [4.69, 9.17) is 4.74 Å². The van der Waals surface area contributed by atoms with Gasteiger partial charge in [0, 0.05) is 0 Å². The van der Waals surface area contributed by atoms with Gasteiger partial charge in [-0.1, -0.05) is 72.8 Å². The van der Waals surface area contributed by atoms with E-state index in [1.807, 2.05) is 72.8 Å². The summed E-state index contributed by atoms with van der Waals surface area (Å²) >= 11 is 0. The number of rotatable bonds is 5. The van der Waals surface area contributed by atoms with Crippen LogP contribution in [0.4, 0.5) is 0 Å². The maximum atomic E-state index is 12.1. The van der Waals surface area contributed by atoms with Gasteiger partial charge in [0.05, 0.1) is 5.56 Å². The molecule has 0 fully saturated rings. The van der Waals surface area contributed by atoms with E-state index in [1.54, 1.807) is 0 Å². The lowest BCUT2D eigenvalue weighted by atomic mass is 10.0. The molecule has 0 bridgehead atoms. The quantitative estimate of drug-likeness (QED) is 0.642. The first-order valence-corrected chi connectivity index (χ1v) is 7.65. The normalized spacial score (nSPS) is 10.3. The predicted octanol–water partition coefficient (Wildman–Crippen LogP) is 4.63. The molecule has 2 heteroatoms. The third kappa shape index (κ3) is 4.30. The van der Waals surface area contributed by atoms with Crippen molar-refractivity contribution in [3.05, 3.63) is 107 Å². The molecule has 0 aromatic heterocycles. The molecule has 114 valence electrons. The second kappa shape index (κ2) is 7.41. The predicted molar refractivity (Wildman–Crippen MR) is 91.3 cm³/mol. The lowest BCUT2D eigenvalue weighted by molar-refractivity contribution is 0.0472. The molecule has 2 nitrogen and oxygen atoms in total. The molecular weight excluding hydrogens is 284 g/mol. The zero-order chi connectivity index (χ0) is 15.9. The van der Waals surface area contributed by atoms with E-state index in [9.17, 15) is 4.79 Å². The number of hydrogen-bond acceptors (Lipinski definition) is 2. The monoisotopic (exact) mass is 302 g/mol. The van der Waals surface area contributed by atoms with Crippen LogP contribution in [0.5, 0.6) is 0 Å². The molecular formula is C21H18O2. The number of hydrogen-bond donors (Lipinski definition) is 0. The minimum Gasteiger partial charge on any atom is -0.457 e. The smallest absolute Gasteiger partial charge is 0.338 e. The molecule has 0 spiro atoms. The molecule has 0 radical (unpaired) electrons. The minimum absolute atomic E-state index is 0.292. The van der Waals surface area contributed by atoms with Crippen molar-refractivity contribution in [1.29, 1.82) is 0 Å². The fraction of sp³-hybridized carbons (Fsp3) is 0.0952. The van der Waals surface area contributed by atoms with Crippen LogP contribution in [0.15, 0.2) is 84.9 Å². The van der Waals surface area contributed by atoms with Crippen molar-refractivity contribution in [3.8, 4) is 0 Å². The fourth-order valence-electron chi connectivity index (χ4n) is 2.40. The highest BCUT2D eigenvalue weighted by atomic mass is 16.5. The van der Waals surface area contributed by atoms with E-state index in [2.05, 4.69) is 12.1 Å². The maximum absolute atomic E-state index is 12.1. The lowest BCUT2D eigenvalue weighted by Gasteiger charge is -2.06. The summed E-state index contributed by atoms with van der Waals surface area (Å²) < 4.78 is 5.33. The van der Waals surface area contributed by atoms with E-state index < -0.39 is 0 Å². The highest BCUT2D eigenvalue weighted by molar-refractivity contribution is 5.89. The van der Waals surface area contributed by atoms with Gasteiger partial charge in [0.15, 0.2) is 0 Å².